The van der Waals surface area contributed by atoms with Crippen LogP contribution in [0.3, 0.4) is 0 Å². The van der Waals surface area contributed by atoms with Crippen LogP contribution in [0.15, 0.2) is 12.1 Å². The Kier molecular flexibility index (Phi) is 5.86. The van der Waals surface area contributed by atoms with Gasteiger partial charge in [0.2, 0.25) is 0 Å². The molecular formula is C18H25IN2O3. The molecule has 0 saturated carbocycles. The zero-order valence-corrected chi connectivity index (χ0v) is 16.5. The van der Waals surface area contributed by atoms with E-state index in [4.69, 9.17) is 9.47 Å². The average molecular weight is 444 g/mol. The van der Waals surface area contributed by atoms with Gasteiger partial charge in [-0.15, -0.1) is 0 Å². The summed E-state index contributed by atoms with van der Waals surface area (Å²) in [5.74, 6) is 1.38. The minimum Gasteiger partial charge on any atom is -0.493 e. The lowest BCUT2D eigenvalue weighted by molar-refractivity contribution is 0.0707. The van der Waals surface area contributed by atoms with Gasteiger partial charge in [-0.1, -0.05) is 0 Å². The quantitative estimate of drug-likeness (QED) is 0.655. The smallest absolute Gasteiger partial charge is 0.255 e. The second kappa shape index (κ2) is 7.91. The predicted molar refractivity (Wildman–Crippen MR) is 102 cm³/mol. The Morgan fingerprint density at radius 2 is 1.79 bits per heavy atom. The fraction of sp³-hybridized carbons (Fsp3) is 0.611. The monoisotopic (exact) mass is 444 g/mol. The molecule has 2 aliphatic rings. The Balaban J connectivity index is 1.79. The average Bonchev–Trinajstić information content (AvgIpc) is 3.26. The highest BCUT2D eigenvalue weighted by Crippen LogP contribution is 2.33. The number of carbonyl (C=O) groups excluding carboxylic acids is 1. The van der Waals surface area contributed by atoms with Crippen molar-refractivity contribution >= 4 is 28.5 Å². The van der Waals surface area contributed by atoms with Crippen LogP contribution in [0.5, 0.6) is 11.5 Å². The van der Waals surface area contributed by atoms with Crippen LogP contribution < -0.4 is 9.47 Å². The third kappa shape index (κ3) is 3.64. The van der Waals surface area contributed by atoms with Gasteiger partial charge in [0.15, 0.2) is 11.5 Å². The van der Waals surface area contributed by atoms with Crippen LogP contribution >= 0.6 is 22.6 Å². The molecule has 132 valence electrons. The lowest BCUT2D eigenvalue weighted by atomic mass is 10.1. The van der Waals surface area contributed by atoms with E-state index in [1.165, 1.54) is 25.9 Å². The van der Waals surface area contributed by atoms with Crippen molar-refractivity contribution in [2.24, 2.45) is 0 Å². The number of likely N-dealkylation sites (tertiary alicyclic amines) is 2. The fourth-order valence-corrected chi connectivity index (χ4v) is 4.40. The van der Waals surface area contributed by atoms with Crippen molar-refractivity contribution in [1.82, 2.24) is 9.80 Å². The molecule has 2 saturated heterocycles. The molecule has 0 aliphatic carbocycles. The molecule has 2 heterocycles. The zero-order valence-electron chi connectivity index (χ0n) is 14.4. The number of carbonyl (C=O) groups is 1. The second-order valence-corrected chi connectivity index (χ2v) is 7.65. The minimum atomic E-state index is 0.113. The number of hydrogen-bond acceptors (Lipinski definition) is 4. The highest BCUT2D eigenvalue weighted by Gasteiger charge is 2.32. The largest absolute Gasteiger partial charge is 0.493 e. The summed E-state index contributed by atoms with van der Waals surface area (Å²) in [4.78, 5) is 17.7. The lowest BCUT2D eigenvalue weighted by Crippen LogP contribution is -2.42. The van der Waals surface area contributed by atoms with Gasteiger partial charge >= 0.3 is 0 Å². The molecule has 2 fully saturated rings. The molecule has 3 rings (SSSR count). The van der Waals surface area contributed by atoms with Crippen LogP contribution in [-0.4, -0.2) is 62.1 Å². The zero-order chi connectivity index (χ0) is 17.1. The van der Waals surface area contributed by atoms with Crippen LogP contribution in [0.4, 0.5) is 0 Å². The van der Waals surface area contributed by atoms with E-state index >= 15 is 0 Å². The van der Waals surface area contributed by atoms with Gasteiger partial charge in [0, 0.05) is 22.7 Å². The Bertz CT molecular complexity index is 602. The summed E-state index contributed by atoms with van der Waals surface area (Å²) in [6.07, 6.45) is 4.77. The first-order valence-electron chi connectivity index (χ1n) is 8.59. The fourth-order valence-electron chi connectivity index (χ4n) is 3.73. The van der Waals surface area contributed by atoms with Gasteiger partial charge in [-0.25, -0.2) is 0 Å². The molecule has 1 atom stereocenters. The second-order valence-electron chi connectivity index (χ2n) is 6.49. The maximum atomic E-state index is 13.1. The van der Waals surface area contributed by atoms with Gasteiger partial charge in [0.1, 0.15) is 0 Å². The van der Waals surface area contributed by atoms with Crippen LogP contribution in [0.2, 0.25) is 0 Å². The van der Waals surface area contributed by atoms with Gasteiger partial charge in [0.25, 0.3) is 5.91 Å². The molecule has 0 aromatic heterocycles. The van der Waals surface area contributed by atoms with E-state index in [-0.39, 0.29) is 5.91 Å². The first-order chi connectivity index (χ1) is 11.6. The summed E-state index contributed by atoms with van der Waals surface area (Å²) in [5.41, 5.74) is 0.710. The molecule has 1 unspecified atom stereocenters. The lowest BCUT2D eigenvalue weighted by Gasteiger charge is -2.29. The summed E-state index contributed by atoms with van der Waals surface area (Å²) < 4.78 is 11.6. The van der Waals surface area contributed by atoms with Gasteiger partial charge in [0.05, 0.1) is 19.8 Å². The number of halogens is 1. The van der Waals surface area contributed by atoms with Crippen molar-refractivity contribution in [1.29, 1.82) is 0 Å². The Morgan fingerprint density at radius 3 is 2.46 bits per heavy atom. The maximum Gasteiger partial charge on any atom is 0.255 e. The molecule has 0 spiro atoms. The number of nitrogens with zero attached hydrogens (tertiary/aromatic N) is 2. The Morgan fingerprint density at radius 1 is 1.12 bits per heavy atom. The molecule has 0 N–H and O–H groups in total. The summed E-state index contributed by atoms with van der Waals surface area (Å²) >= 11 is 2.21. The first-order valence-corrected chi connectivity index (χ1v) is 9.66. The summed E-state index contributed by atoms with van der Waals surface area (Å²) in [7, 11) is 3.22. The normalized spacial score (nSPS) is 21.3. The molecule has 24 heavy (non-hydrogen) atoms. The van der Waals surface area contributed by atoms with Crippen molar-refractivity contribution in [2.45, 2.75) is 31.7 Å². The van der Waals surface area contributed by atoms with Gasteiger partial charge in [-0.05, 0) is 73.5 Å². The van der Waals surface area contributed by atoms with Crippen LogP contribution in [0, 0.1) is 3.57 Å². The van der Waals surface area contributed by atoms with Gasteiger partial charge in [-0.2, -0.15) is 0 Å². The van der Waals surface area contributed by atoms with Crippen molar-refractivity contribution in [2.75, 3.05) is 40.4 Å². The molecular weight excluding hydrogens is 419 g/mol. The van der Waals surface area contributed by atoms with Crippen molar-refractivity contribution in [3.63, 3.8) is 0 Å². The molecule has 0 bridgehead atoms. The molecule has 1 aromatic rings. The summed E-state index contributed by atoms with van der Waals surface area (Å²) in [6, 6.07) is 4.02. The van der Waals surface area contributed by atoms with Crippen molar-refractivity contribution in [3.05, 3.63) is 21.3 Å². The number of benzene rings is 1. The molecule has 1 aromatic carbocycles. The number of methoxy groups -OCH3 is 2. The SMILES string of the molecule is COc1cc(I)c(C(=O)N2CCCC2CN2CCCC2)cc1OC. The van der Waals surface area contributed by atoms with Crippen LogP contribution in [-0.2, 0) is 0 Å². The van der Waals surface area contributed by atoms with E-state index in [1.807, 2.05) is 12.1 Å². The van der Waals surface area contributed by atoms with Gasteiger partial charge < -0.3 is 19.3 Å². The maximum absolute atomic E-state index is 13.1. The van der Waals surface area contributed by atoms with E-state index in [0.717, 1.165) is 29.5 Å². The molecule has 1 amide bonds. The predicted octanol–water partition coefficient (Wildman–Crippen LogP) is 3.01. The summed E-state index contributed by atoms with van der Waals surface area (Å²) in [6.45, 7) is 4.20. The highest BCUT2D eigenvalue weighted by atomic mass is 127. The van der Waals surface area contributed by atoms with Crippen molar-refractivity contribution < 1.29 is 14.3 Å². The molecule has 6 heteroatoms. The van der Waals surface area contributed by atoms with Gasteiger partial charge in [-0.3, -0.25) is 4.79 Å². The van der Waals surface area contributed by atoms with E-state index in [0.29, 0.717) is 23.1 Å². The van der Waals surface area contributed by atoms with E-state index in [1.54, 1.807) is 14.2 Å². The van der Waals surface area contributed by atoms with Crippen molar-refractivity contribution in [3.8, 4) is 11.5 Å². The Hall–Kier alpha value is -1.02. The standard InChI is InChI=1S/C18H25IN2O3/c1-23-16-10-14(15(19)11-17(16)24-2)18(22)21-9-5-6-13(21)12-20-7-3-4-8-20/h10-11,13H,3-9,12H2,1-2H3. The van der Waals surface area contributed by atoms with Crippen LogP contribution in [0.1, 0.15) is 36.0 Å². The van der Waals surface area contributed by atoms with E-state index < -0.39 is 0 Å². The topological polar surface area (TPSA) is 42.0 Å². The molecule has 2 aliphatic heterocycles. The minimum absolute atomic E-state index is 0.113. The third-order valence-electron chi connectivity index (χ3n) is 5.01. The van der Waals surface area contributed by atoms with E-state index in [2.05, 4.69) is 32.4 Å². The third-order valence-corrected chi connectivity index (χ3v) is 5.90. The highest BCUT2D eigenvalue weighted by molar-refractivity contribution is 14.1. The number of amides is 1. The number of ether oxygens (including phenoxy) is 2. The van der Waals surface area contributed by atoms with E-state index in [9.17, 15) is 4.79 Å². The molecule has 5 nitrogen and oxygen atoms in total. The first kappa shape index (κ1) is 17.8. The van der Waals surface area contributed by atoms with Crippen LogP contribution in [0.25, 0.3) is 0 Å². The summed E-state index contributed by atoms with van der Waals surface area (Å²) in [5, 5.41) is 0. The Labute approximate surface area is 157 Å². The number of hydrogen-bond donors (Lipinski definition) is 0. The molecule has 0 radical (unpaired) electrons. The number of rotatable bonds is 5.